The highest BCUT2D eigenvalue weighted by Crippen LogP contribution is 2.31. The zero-order valence-electron chi connectivity index (χ0n) is 17.5. The lowest BCUT2D eigenvalue weighted by Crippen LogP contribution is -2.25. The quantitative estimate of drug-likeness (QED) is 0.680. The Hall–Kier alpha value is -2.45. The summed E-state index contributed by atoms with van der Waals surface area (Å²) < 4.78 is 33.8. The van der Waals surface area contributed by atoms with E-state index in [1.807, 2.05) is 6.07 Å². The third-order valence-electron chi connectivity index (χ3n) is 5.51. The third-order valence-corrected chi connectivity index (χ3v) is 7.25. The van der Waals surface area contributed by atoms with E-state index in [4.69, 9.17) is 9.72 Å². The highest BCUT2D eigenvalue weighted by atomic mass is 32.2. The van der Waals surface area contributed by atoms with E-state index >= 15 is 0 Å². The molecular formula is C22H27N3O4S. The molecule has 1 N–H and O–H groups in total. The van der Waals surface area contributed by atoms with Crippen molar-refractivity contribution < 1.29 is 18.3 Å². The summed E-state index contributed by atoms with van der Waals surface area (Å²) in [6, 6.07) is 7.72. The number of aromatic nitrogens is 3. The van der Waals surface area contributed by atoms with Crippen LogP contribution < -0.4 is 0 Å². The molecule has 1 aliphatic rings. The van der Waals surface area contributed by atoms with E-state index in [0.29, 0.717) is 11.4 Å². The summed E-state index contributed by atoms with van der Waals surface area (Å²) in [5.41, 5.74) is 1.43. The molecule has 1 saturated heterocycles. The number of benzene rings is 1. The molecule has 0 radical (unpaired) electrons. The second-order valence-corrected chi connectivity index (χ2v) is 10.8. The number of ether oxygens (including phenoxy) is 1. The first kappa shape index (κ1) is 20.8. The van der Waals surface area contributed by atoms with Crippen molar-refractivity contribution in [2.75, 3.05) is 13.2 Å². The van der Waals surface area contributed by atoms with Gasteiger partial charge in [0.25, 0.3) is 0 Å². The molecule has 0 bridgehead atoms. The van der Waals surface area contributed by atoms with Gasteiger partial charge in [0, 0.05) is 37.4 Å². The van der Waals surface area contributed by atoms with Gasteiger partial charge in [-0.15, -0.1) is 0 Å². The van der Waals surface area contributed by atoms with E-state index < -0.39 is 9.84 Å². The van der Waals surface area contributed by atoms with Crippen molar-refractivity contribution in [3.05, 3.63) is 42.4 Å². The molecule has 160 valence electrons. The molecule has 8 heteroatoms. The monoisotopic (exact) mass is 429 g/mol. The van der Waals surface area contributed by atoms with Gasteiger partial charge in [-0.1, -0.05) is 20.8 Å². The molecule has 1 aromatic carbocycles. The molecule has 0 atom stereocenters. The number of fused-ring (bicyclic) bond motifs is 1. The largest absolute Gasteiger partial charge is 0.493 e. The Morgan fingerprint density at radius 3 is 2.47 bits per heavy atom. The van der Waals surface area contributed by atoms with Gasteiger partial charge < -0.3 is 14.4 Å². The second kappa shape index (κ2) is 7.67. The van der Waals surface area contributed by atoms with Crippen LogP contribution in [0.5, 0.6) is 5.88 Å². The predicted molar refractivity (Wildman–Crippen MR) is 113 cm³/mol. The number of rotatable bonds is 4. The highest BCUT2D eigenvalue weighted by molar-refractivity contribution is 7.91. The van der Waals surface area contributed by atoms with E-state index in [2.05, 4.69) is 30.3 Å². The van der Waals surface area contributed by atoms with Crippen molar-refractivity contribution in [3.63, 3.8) is 0 Å². The van der Waals surface area contributed by atoms with Crippen LogP contribution in [0.15, 0.2) is 46.3 Å². The summed E-state index contributed by atoms with van der Waals surface area (Å²) in [7, 11) is -3.75. The van der Waals surface area contributed by atoms with Gasteiger partial charge in [0.15, 0.2) is 0 Å². The lowest BCUT2D eigenvalue weighted by Gasteiger charge is -2.26. The Kier molecular flexibility index (Phi) is 5.32. The number of hydrogen-bond acceptors (Lipinski definition) is 6. The standard InChI is InChI=1S/C22H27N3O4S/c1-22(2,3)21-24-18-12-16(30(27,28)17-5-7-20(26)23-13-17)4-6-19(18)25(21)14-15-8-10-29-11-9-15/h4-7,12-13,15H,8-11,14H2,1-3H3,(H,23,26). The average molecular weight is 430 g/mol. The van der Waals surface area contributed by atoms with Gasteiger partial charge in [-0.25, -0.2) is 18.4 Å². The van der Waals surface area contributed by atoms with Crippen LogP contribution in [0.1, 0.15) is 39.4 Å². The first-order valence-corrected chi connectivity index (χ1v) is 11.6. The fourth-order valence-electron chi connectivity index (χ4n) is 3.89. The number of imidazole rings is 1. The van der Waals surface area contributed by atoms with Gasteiger partial charge in [0.2, 0.25) is 15.7 Å². The summed E-state index contributed by atoms with van der Waals surface area (Å²) in [5.74, 6) is 1.25. The minimum Gasteiger partial charge on any atom is -0.493 e. The summed E-state index contributed by atoms with van der Waals surface area (Å²) in [6.07, 6.45) is 3.20. The third kappa shape index (κ3) is 3.94. The van der Waals surface area contributed by atoms with Crippen LogP contribution in [0.4, 0.5) is 0 Å². The molecule has 0 spiro atoms. The van der Waals surface area contributed by atoms with Crippen LogP contribution in [0.25, 0.3) is 11.0 Å². The van der Waals surface area contributed by atoms with Crippen LogP contribution in [0, 0.1) is 5.92 Å². The molecule has 1 aliphatic heterocycles. The van der Waals surface area contributed by atoms with Crippen molar-refractivity contribution in [2.45, 2.75) is 55.4 Å². The molecule has 7 nitrogen and oxygen atoms in total. The van der Waals surface area contributed by atoms with Crippen LogP contribution in [0.3, 0.4) is 0 Å². The van der Waals surface area contributed by atoms with Crippen LogP contribution in [0.2, 0.25) is 0 Å². The van der Waals surface area contributed by atoms with E-state index in [1.54, 1.807) is 12.1 Å². The first-order valence-electron chi connectivity index (χ1n) is 10.1. The molecule has 0 aliphatic carbocycles. The van der Waals surface area contributed by atoms with Gasteiger partial charge in [-0.05, 0) is 43.0 Å². The van der Waals surface area contributed by atoms with Crippen molar-refractivity contribution in [1.82, 2.24) is 14.5 Å². The number of aromatic hydroxyl groups is 1. The van der Waals surface area contributed by atoms with Gasteiger partial charge in [-0.3, -0.25) is 0 Å². The van der Waals surface area contributed by atoms with Gasteiger partial charge >= 0.3 is 0 Å². The zero-order chi connectivity index (χ0) is 21.5. The Morgan fingerprint density at radius 2 is 1.83 bits per heavy atom. The van der Waals surface area contributed by atoms with E-state index in [9.17, 15) is 13.5 Å². The lowest BCUT2D eigenvalue weighted by atomic mass is 9.94. The van der Waals surface area contributed by atoms with Crippen LogP contribution >= 0.6 is 0 Å². The maximum absolute atomic E-state index is 13.0. The highest BCUT2D eigenvalue weighted by Gasteiger charge is 2.27. The smallest absolute Gasteiger partial charge is 0.210 e. The second-order valence-electron chi connectivity index (χ2n) is 8.86. The summed E-state index contributed by atoms with van der Waals surface area (Å²) in [4.78, 5) is 8.74. The Balaban J connectivity index is 1.78. The zero-order valence-corrected chi connectivity index (χ0v) is 18.3. The first-order chi connectivity index (χ1) is 14.2. The van der Waals surface area contributed by atoms with Crippen LogP contribution in [-0.2, 0) is 26.5 Å². The lowest BCUT2D eigenvalue weighted by molar-refractivity contribution is 0.0611. The fourth-order valence-corrected chi connectivity index (χ4v) is 5.11. The topological polar surface area (TPSA) is 94.3 Å². The van der Waals surface area contributed by atoms with Gasteiger partial charge in [0.05, 0.1) is 20.8 Å². The minimum atomic E-state index is -3.75. The summed E-state index contributed by atoms with van der Waals surface area (Å²) >= 11 is 0. The maximum atomic E-state index is 13.0. The van der Waals surface area contributed by atoms with Gasteiger partial charge in [-0.2, -0.15) is 0 Å². The predicted octanol–water partition coefficient (Wildman–Crippen LogP) is 3.69. The molecule has 0 amide bonds. The van der Waals surface area contributed by atoms with Gasteiger partial charge in [0.1, 0.15) is 5.82 Å². The number of nitrogens with zero attached hydrogens (tertiary/aromatic N) is 3. The Labute approximate surface area is 176 Å². The van der Waals surface area contributed by atoms with Crippen molar-refractivity contribution >= 4 is 20.9 Å². The van der Waals surface area contributed by atoms with Crippen molar-refractivity contribution in [2.24, 2.45) is 5.92 Å². The number of pyridine rings is 1. The van der Waals surface area contributed by atoms with Crippen molar-refractivity contribution in [1.29, 1.82) is 0 Å². The number of sulfone groups is 1. The molecule has 1 fully saturated rings. The molecule has 2 aromatic heterocycles. The minimum absolute atomic E-state index is 0.0392. The van der Waals surface area contributed by atoms with E-state index in [0.717, 1.165) is 43.9 Å². The molecule has 4 rings (SSSR count). The molecule has 30 heavy (non-hydrogen) atoms. The fraction of sp³-hybridized carbons (Fsp3) is 0.455. The normalized spacial score (nSPS) is 16.2. The number of hydrogen-bond donors (Lipinski definition) is 1. The average Bonchev–Trinajstić information content (AvgIpc) is 3.07. The molecule has 3 heterocycles. The van der Waals surface area contributed by atoms with E-state index in [1.165, 1.54) is 18.3 Å². The molecular weight excluding hydrogens is 402 g/mol. The maximum Gasteiger partial charge on any atom is 0.210 e. The molecule has 0 saturated carbocycles. The SMILES string of the molecule is CC(C)(C)c1nc2cc(S(=O)(=O)c3ccc(O)nc3)ccc2n1CC1CCOCC1. The van der Waals surface area contributed by atoms with Crippen LogP contribution in [-0.4, -0.2) is 41.3 Å². The Bertz CT molecular complexity index is 1160. The van der Waals surface area contributed by atoms with E-state index in [-0.39, 0.29) is 21.1 Å². The summed E-state index contributed by atoms with van der Waals surface area (Å²) in [6.45, 7) is 8.77. The summed E-state index contributed by atoms with van der Waals surface area (Å²) in [5, 5.41) is 9.35. The molecule has 3 aromatic rings. The molecule has 0 unspecified atom stereocenters. The Morgan fingerprint density at radius 1 is 1.13 bits per heavy atom. The van der Waals surface area contributed by atoms with Crippen molar-refractivity contribution in [3.8, 4) is 5.88 Å².